The molecule has 2 rings (SSSR count). The van der Waals surface area contributed by atoms with Crippen LogP contribution in [-0.2, 0) is 0 Å². The molecule has 1 fully saturated rings. The number of hydrogen-bond donors (Lipinski definition) is 0. The molecule has 2 heterocycles. The molecule has 0 aromatic carbocycles. The fourth-order valence-corrected chi connectivity index (χ4v) is 2.63. The zero-order chi connectivity index (χ0) is 12.1. The molecule has 1 saturated heterocycles. The lowest BCUT2D eigenvalue weighted by molar-refractivity contribution is 0.240. The molecule has 0 radical (unpaired) electrons. The smallest absolute Gasteiger partial charge is 0.0363 e. The number of rotatable bonds is 5. The quantitative estimate of drug-likeness (QED) is 0.777. The van der Waals surface area contributed by atoms with E-state index in [-0.39, 0.29) is 0 Å². The summed E-state index contributed by atoms with van der Waals surface area (Å²) in [5, 5.41) is 0. The SMILES string of the molecule is CN(C)CCCN1CCC[C@H]1c1cccnc1. The van der Waals surface area contributed by atoms with Crippen LogP contribution in [0.2, 0.25) is 0 Å². The minimum absolute atomic E-state index is 0.603. The Bertz CT molecular complexity index is 323. The van der Waals surface area contributed by atoms with Gasteiger partial charge in [-0.2, -0.15) is 0 Å². The van der Waals surface area contributed by atoms with Crippen LogP contribution in [0.3, 0.4) is 0 Å². The van der Waals surface area contributed by atoms with Crippen molar-refractivity contribution < 1.29 is 0 Å². The maximum Gasteiger partial charge on any atom is 0.0363 e. The van der Waals surface area contributed by atoms with Gasteiger partial charge in [-0.25, -0.2) is 0 Å². The first-order chi connectivity index (χ1) is 8.27. The van der Waals surface area contributed by atoms with Crippen molar-refractivity contribution in [2.24, 2.45) is 0 Å². The predicted molar refractivity (Wildman–Crippen MR) is 71.0 cm³/mol. The van der Waals surface area contributed by atoms with Gasteiger partial charge in [-0.3, -0.25) is 9.88 Å². The summed E-state index contributed by atoms with van der Waals surface area (Å²) in [7, 11) is 4.28. The highest BCUT2D eigenvalue weighted by atomic mass is 15.2. The lowest BCUT2D eigenvalue weighted by Gasteiger charge is -2.25. The molecule has 3 nitrogen and oxygen atoms in total. The van der Waals surface area contributed by atoms with Crippen LogP contribution in [0.15, 0.2) is 24.5 Å². The van der Waals surface area contributed by atoms with Crippen LogP contribution in [0, 0.1) is 0 Å². The molecule has 0 N–H and O–H groups in total. The summed E-state index contributed by atoms with van der Waals surface area (Å²) in [6.45, 7) is 3.63. The van der Waals surface area contributed by atoms with Gasteiger partial charge in [0.1, 0.15) is 0 Å². The van der Waals surface area contributed by atoms with Crippen molar-refractivity contribution in [1.82, 2.24) is 14.8 Å². The van der Waals surface area contributed by atoms with Gasteiger partial charge in [-0.1, -0.05) is 6.07 Å². The molecular weight excluding hydrogens is 210 g/mol. The molecule has 0 saturated carbocycles. The fourth-order valence-electron chi connectivity index (χ4n) is 2.63. The van der Waals surface area contributed by atoms with E-state index < -0.39 is 0 Å². The summed E-state index contributed by atoms with van der Waals surface area (Å²) in [6, 6.07) is 4.86. The minimum Gasteiger partial charge on any atom is -0.309 e. The Labute approximate surface area is 104 Å². The second kappa shape index (κ2) is 6.12. The van der Waals surface area contributed by atoms with Gasteiger partial charge in [0.05, 0.1) is 0 Å². The van der Waals surface area contributed by atoms with Crippen LogP contribution >= 0.6 is 0 Å². The average Bonchev–Trinajstić information content (AvgIpc) is 2.78. The average molecular weight is 233 g/mol. The van der Waals surface area contributed by atoms with E-state index in [1.165, 1.54) is 44.5 Å². The monoisotopic (exact) mass is 233 g/mol. The van der Waals surface area contributed by atoms with E-state index in [1.807, 2.05) is 18.5 Å². The van der Waals surface area contributed by atoms with Crippen molar-refractivity contribution in [2.75, 3.05) is 33.7 Å². The largest absolute Gasteiger partial charge is 0.309 e. The molecule has 0 bridgehead atoms. The van der Waals surface area contributed by atoms with Gasteiger partial charge in [-0.15, -0.1) is 0 Å². The van der Waals surface area contributed by atoms with Crippen LogP contribution in [0.5, 0.6) is 0 Å². The zero-order valence-electron chi connectivity index (χ0n) is 11.0. The number of nitrogens with zero attached hydrogens (tertiary/aromatic N) is 3. The number of likely N-dealkylation sites (tertiary alicyclic amines) is 1. The normalized spacial score (nSPS) is 21.2. The Kier molecular flexibility index (Phi) is 4.51. The van der Waals surface area contributed by atoms with Crippen LogP contribution in [0.25, 0.3) is 0 Å². The lowest BCUT2D eigenvalue weighted by atomic mass is 10.1. The van der Waals surface area contributed by atoms with Crippen LogP contribution < -0.4 is 0 Å². The maximum atomic E-state index is 4.24. The molecular formula is C14H23N3. The Morgan fingerprint density at radius 2 is 2.35 bits per heavy atom. The van der Waals surface area contributed by atoms with Crippen molar-refractivity contribution in [3.63, 3.8) is 0 Å². The maximum absolute atomic E-state index is 4.24. The third kappa shape index (κ3) is 3.51. The van der Waals surface area contributed by atoms with E-state index in [2.05, 4.69) is 34.9 Å². The van der Waals surface area contributed by atoms with Crippen molar-refractivity contribution in [1.29, 1.82) is 0 Å². The van der Waals surface area contributed by atoms with Crippen molar-refractivity contribution in [3.05, 3.63) is 30.1 Å². The number of aromatic nitrogens is 1. The highest BCUT2D eigenvalue weighted by Crippen LogP contribution is 2.31. The first kappa shape index (κ1) is 12.5. The molecule has 94 valence electrons. The molecule has 1 aromatic rings. The molecule has 17 heavy (non-hydrogen) atoms. The highest BCUT2D eigenvalue weighted by molar-refractivity contribution is 5.15. The summed E-state index contributed by atoms with van der Waals surface area (Å²) in [5.74, 6) is 0. The van der Waals surface area contributed by atoms with Crippen molar-refractivity contribution in [2.45, 2.75) is 25.3 Å². The molecule has 1 aliphatic rings. The lowest BCUT2D eigenvalue weighted by Crippen LogP contribution is -2.27. The summed E-state index contributed by atoms with van der Waals surface area (Å²) in [5.41, 5.74) is 1.38. The summed E-state index contributed by atoms with van der Waals surface area (Å²) in [6.07, 6.45) is 7.74. The second-order valence-corrected chi connectivity index (χ2v) is 5.14. The third-order valence-electron chi connectivity index (χ3n) is 3.48. The Hall–Kier alpha value is -0.930. The zero-order valence-corrected chi connectivity index (χ0v) is 11.0. The standard InChI is InChI=1S/C14H23N3/c1-16(2)9-5-11-17-10-4-7-14(17)13-6-3-8-15-12-13/h3,6,8,12,14H,4-5,7,9-11H2,1-2H3/t14-/m0/s1. The van der Waals surface area contributed by atoms with E-state index in [0.717, 1.165) is 0 Å². The van der Waals surface area contributed by atoms with Gasteiger partial charge < -0.3 is 4.90 Å². The van der Waals surface area contributed by atoms with E-state index in [0.29, 0.717) is 6.04 Å². The molecule has 1 aliphatic heterocycles. The first-order valence-corrected chi connectivity index (χ1v) is 6.56. The summed E-state index contributed by atoms with van der Waals surface area (Å²) in [4.78, 5) is 9.11. The third-order valence-corrected chi connectivity index (χ3v) is 3.48. The number of hydrogen-bond acceptors (Lipinski definition) is 3. The van der Waals surface area contributed by atoms with Crippen LogP contribution in [0.4, 0.5) is 0 Å². The van der Waals surface area contributed by atoms with E-state index in [1.54, 1.807) is 0 Å². The van der Waals surface area contributed by atoms with E-state index in [9.17, 15) is 0 Å². The molecule has 0 amide bonds. The Balaban J connectivity index is 1.89. The van der Waals surface area contributed by atoms with Gasteiger partial charge in [0.25, 0.3) is 0 Å². The summed E-state index contributed by atoms with van der Waals surface area (Å²) >= 11 is 0. The van der Waals surface area contributed by atoms with Gasteiger partial charge in [0.15, 0.2) is 0 Å². The molecule has 0 spiro atoms. The van der Waals surface area contributed by atoms with Crippen LogP contribution in [0.1, 0.15) is 30.9 Å². The van der Waals surface area contributed by atoms with E-state index >= 15 is 0 Å². The fraction of sp³-hybridized carbons (Fsp3) is 0.643. The topological polar surface area (TPSA) is 19.4 Å². The van der Waals surface area contributed by atoms with Crippen molar-refractivity contribution in [3.8, 4) is 0 Å². The second-order valence-electron chi connectivity index (χ2n) is 5.14. The van der Waals surface area contributed by atoms with Gasteiger partial charge in [0, 0.05) is 18.4 Å². The molecule has 1 aromatic heterocycles. The van der Waals surface area contributed by atoms with E-state index in [4.69, 9.17) is 0 Å². The Morgan fingerprint density at radius 1 is 1.47 bits per heavy atom. The van der Waals surface area contributed by atoms with Gasteiger partial charge in [-0.05, 0) is 64.6 Å². The summed E-state index contributed by atoms with van der Waals surface area (Å²) < 4.78 is 0. The van der Waals surface area contributed by atoms with Crippen molar-refractivity contribution >= 4 is 0 Å². The van der Waals surface area contributed by atoms with Crippen LogP contribution in [-0.4, -0.2) is 48.5 Å². The minimum atomic E-state index is 0.603. The number of pyridine rings is 1. The van der Waals surface area contributed by atoms with Gasteiger partial charge in [0.2, 0.25) is 0 Å². The first-order valence-electron chi connectivity index (χ1n) is 6.56. The molecule has 0 aliphatic carbocycles. The molecule has 3 heteroatoms. The van der Waals surface area contributed by atoms with Gasteiger partial charge >= 0.3 is 0 Å². The highest BCUT2D eigenvalue weighted by Gasteiger charge is 2.25. The Morgan fingerprint density at radius 3 is 3.06 bits per heavy atom. The molecule has 1 atom stereocenters. The molecule has 0 unspecified atom stereocenters. The predicted octanol–water partition coefficient (Wildman–Crippen LogP) is 2.17.